The molecule has 0 radical (unpaired) electrons. The van der Waals surface area contributed by atoms with Crippen LogP contribution in [0, 0.1) is 0 Å². The summed E-state index contributed by atoms with van der Waals surface area (Å²) in [5.74, 6) is 0.983. The maximum atomic E-state index is 6.20. The number of halogens is 1. The first-order chi connectivity index (χ1) is 7.19. The highest BCUT2D eigenvalue weighted by Gasteiger charge is 2.44. The molecule has 2 N–H and O–H groups in total. The lowest BCUT2D eigenvalue weighted by Gasteiger charge is -2.47. The Morgan fingerprint density at radius 2 is 2.20 bits per heavy atom. The molecule has 80 valence electrons. The molecule has 1 heterocycles. The van der Waals surface area contributed by atoms with E-state index in [1.165, 1.54) is 6.42 Å². The highest BCUT2D eigenvalue weighted by molar-refractivity contribution is 9.10. The van der Waals surface area contributed by atoms with Crippen LogP contribution in [0.1, 0.15) is 37.3 Å². The van der Waals surface area contributed by atoms with Crippen LogP contribution in [0.25, 0.3) is 0 Å². The third-order valence-electron chi connectivity index (χ3n) is 3.55. The minimum atomic E-state index is 0.0697. The van der Waals surface area contributed by atoms with Crippen LogP contribution in [0.2, 0.25) is 0 Å². The van der Waals surface area contributed by atoms with Crippen molar-refractivity contribution in [2.45, 2.75) is 37.3 Å². The van der Waals surface area contributed by atoms with Gasteiger partial charge in [-0.05, 0) is 37.5 Å². The second kappa shape index (κ2) is 3.22. The average Bonchev–Trinajstić information content (AvgIpc) is 2.16. The van der Waals surface area contributed by atoms with Crippen LogP contribution in [-0.2, 0) is 0 Å². The third-order valence-corrected chi connectivity index (χ3v) is 4.05. The van der Waals surface area contributed by atoms with Gasteiger partial charge in [-0.1, -0.05) is 15.9 Å². The summed E-state index contributed by atoms with van der Waals surface area (Å²) in [6.07, 6.45) is 4.57. The Kier molecular flexibility index (Phi) is 2.08. The summed E-state index contributed by atoms with van der Waals surface area (Å²) in [7, 11) is 0. The van der Waals surface area contributed by atoms with Crippen LogP contribution in [0.3, 0.4) is 0 Å². The molecule has 1 aliphatic carbocycles. The van der Waals surface area contributed by atoms with Crippen molar-refractivity contribution in [2.24, 2.45) is 5.73 Å². The standard InChI is InChI=1S/C12H14BrNO/c13-8-2-3-11-9(6-8)10(14)7-12(15-11)4-1-5-12/h2-3,6,10H,1,4-5,7,14H2/t10-/m1/s1. The van der Waals surface area contributed by atoms with Gasteiger partial charge in [-0.25, -0.2) is 0 Å². The lowest BCUT2D eigenvalue weighted by Crippen LogP contribution is -2.48. The predicted molar refractivity (Wildman–Crippen MR) is 62.9 cm³/mol. The topological polar surface area (TPSA) is 35.2 Å². The van der Waals surface area contributed by atoms with Gasteiger partial charge in [-0.2, -0.15) is 0 Å². The summed E-state index contributed by atoms with van der Waals surface area (Å²) < 4.78 is 7.15. The highest BCUT2D eigenvalue weighted by atomic mass is 79.9. The zero-order valence-corrected chi connectivity index (χ0v) is 10.1. The Bertz CT molecular complexity index is 401. The Hall–Kier alpha value is -0.540. The van der Waals surface area contributed by atoms with E-state index in [0.717, 1.165) is 35.0 Å². The average molecular weight is 268 g/mol. The fraction of sp³-hybridized carbons (Fsp3) is 0.500. The number of hydrogen-bond donors (Lipinski definition) is 1. The number of ether oxygens (including phenoxy) is 1. The van der Waals surface area contributed by atoms with Crippen molar-refractivity contribution < 1.29 is 4.74 Å². The van der Waals surface area contributed by atoms with Crippen molar-refractivity contribution in [3.05, 3.63) is 28.2 Å². The van der Waals surface area contributed by atoms with Crippen LogP contribution < -0.4 is 10.5 Å². The maximum absolute atomic E-state index is 6.20. The number of hydrogen-bond acceptors (Lipinski definition) is 2. The molecule has 2 aliphatic rings. The fourth-order valence-electron chi connectivity index (χ4n) is 2.56. The first-order valence-corrected chi connectivity index (χ1v) is 6.22. The summed E-state index contributed by atoms with van der Waals surface area (Å²) >= 11 is 3.47. The van der Waals surface area contributed by atoms with E-state index in [1.807, 2.05) is 12.1 Å². The Morgan fingerprint density at radius 1 is 1.40 bits per heavy atom. The van der Waals surface area contributed by atoms with Crippen LogP contribution in [0.4, 0.5) is 0 Å². The highest BCUT2D eigenvalue weighted by Crippen LogP contribution is 2.48. The molecule has 1 saturated carbocycles. The Balaban J connectivity index is 2.01. The lowest BCUT2D eigenvalue weighted by atomic mass is 9.73. The van der Waals surface area contributed by atoms with Crippen molar-refractivity contribution in [1.29, 1.82) is 0 Å². The summed E-state index contributed by atoms with van der Waals surface area (Å²) in [4.78, 5) is 0. The third kappa shape index (κ3) is 1.49. The van der Waals surface area contributed by atoms with Crippen molar-refractivity contribution >= 4 is 15.9 Å². The van der Waals surface area contributed by atoms with Gasteiger partial charge in [0.15, 0.2) is 0 Å². The van der Waals surface area contributed by atoms with Gasteiger partial charge in [-0.15, -0.1) is 0 Å². The van der Waals surface area contributed by atoms with E-state index >= 15 is 0 Å². The van der Waals surface area contributed by atoms with Crippen molar-refractivity contribution in [1.82, 2.24) is 0 Å². The van der Waals surface area contributed by atoms with E-state index in [2.05, 4.69) is 22.0 Å². The van der Waals surface area contributed by atoms with Gasteiger partial charge < -0.3 is 10.5 Å². The van der Waals surface area contributed by atoms with Gasteiger partial charge in [0.1, 0.15) is 11.4 Å². The molecule has 2 nitrogen and oxygen atoms in total. The molecule has 0 aromatic heterocycles. The Morgan fingerprint density at radius 3 is 2.87 bits per heavy atom. The normalized spacial score (nSPS) is 26.7. The van der Waals surface area contributed by atoms with Gasteiger partial charge in [0, 0.05) is 22.5 Å². The zero-order valence-electron chi connectivity index (χ0n) is 8.50. The lowest BCUT2D eigenvalue weighted by molar-refractivity contribution is -0.0329. The van der Waals surface area contributed by atoms with Crippen molar-refractivity contribution in [3.8, 4) is 5.75 Å². The first-order valence-electron chi connectivity index (χ1n) is 5.43. The van der Waals surface area contributed by atoms with E-state index in [4.69, 9.17) is 10.5 Å². The molecule has 3 heteroatoms. The predicted octanol–water partition coefficient (Wildman–Crippen LogP) is 3.15. The Labute approximate surface area is 97.9 Å². The van der Waals surface area contributed by atoms with E-state index in [9.17, 15) is 0 Å². The molecule has 0 saturated heterocycles. The summed E-state index contributed by atoms with van der Waals surface area (Å²) in [6, 6.07) is 6.25. The summed E-state index contributed by atoms with van der Waals surface area (Å²) in [5, 5.41) is 0. The molecule has 1 aromatic rings. The number of rotatable bonds is 0. The van der Waals surface area contributed by atoms with E-state index in [-0.39, 0.29) is 11.6 Å². The zero-order chi connectivity index (χ0) is 10.5. The van der Waals surface area contributed by atoms with Crippen LogP contribution in [0.15, 0.2) is 22.7 Å². The van der Waals surface area contributed by atoms with Gasteiger partial charge in [0.05, 0.1) is 0 Å². The van der Waals surface area contributed by atoms with Crippen LogP contribution >= 0.6 is 15.9 Å². The molecular formula is C12H14BrNO. The molecule has 3 rings (SSSR count). The smallest absolute Gasteiger partial charge is 0.124 e. The number of benzene rings is 1. The molecule has 1 aliphatic heterocycles. The fourth-order valence-corrected chi connectivity index (χ4v) is 2.94. The minimum Gasteiger partial charge on any atom is -0.487 e. The molecule has 1 aromatic carbocycles. The monoisotopic (exact) mass is 267 g/mol. The molecular weight excluding hydrogens is 254 g/mol. The molecule has 15 heavy (non-hydrogen) atoms. The van der Waals surface area contributed by atoms with E-state index in [1.54, 1.807) is 0 Å². The van der Waals surface area contributed by atoms with Crippen molar-refractivity contribution in [3.63, 3.8) is 0 Å². The molecule has 0 unspecified atom stereocenters. The van der Waals surface area contributed by atoms with Crippen LogP contribution in [0.5, 0.6) is 5.75 Å². The van der Waals surface area contributed by atoms with Gasteiger partial charge >= 0.3 is 0 Å². The molecule has 1 spiro atoms. The van der Waals surface area contributed by atoms with Gasteiger partial charge in [0.2, 0.25) is 0 Å². The SMILES string of the molecule is N[C@@H]1CC2(CCC2)Oc2ccc(Br)cc21. The van der Waals surface area contributed by atoms with Crippen molar-refractivity contribution in [2.75, 3.05) is 0 Å². The molecule has 0 amide bonds. The van der Waals surface area contributed by atoms with E-state index in [0.29, 0.717) is 0 Å². The second-order valence-electron chi connectivity index (χ2n) is 4.63. The second-order valence-corrected chi connectivity index (χ2v) is 5.55. The van der Waals surface area contributed by atoms with E-state index < -0.39 is 0 Å². The minimum absolute atomic E-state index is 0.0697. The van der Waals surface area contributed by atoms with Gasteiger partial charge in [0.25, 0.3) is 0 Å². The largest absolute Gasteiger partial charge is 0.487 e. The molecule has 0 bridgehead atoms. The maximum Gasteiger partial charge on any atom is 0.124 e. The molecule has 1 atom stereocenters. The summed E-state index contributed by atoms with van der Waals surface area (Å²) in [5.41, 5.74) is 7.41. The molecule has 1 fully saturated rings. The number of fused-ring (bicyclic) bond motifs is 1. The van der Waals surface area contributed by atoms with Gasteiger partial charge in [-0.3, -0.25) is 0 Å². The van der Waals surface area contributed by atoms with Crippen LogP contribution in [-0.4, -0.2) is 5.60 Å². The number of nitrogens with two attached hydrogens (primary N) is 1. The summed E-state index contributed by atoms with van der Waals surface area (Å²) in [6.45, 7) is 0. The first kappa shape index (κ1) is 9.67. The quantitative estimate of drug-likeness (QED) is 0.784.